The van der Waals surface area contributed by atoms with Crippen molar-refractivity contribution in [2.75, 3.05) is 13.2 Å². The number of hydrogen-bond donors (Lipinski definition) is 1. The molecule has 0 aromatic carbocycles. The number of thiazole rings is 1. The van der Waals surface area contributed by atoms with Crippen molar-refractivity contribution < 1.29 is 14.6 Å². The number of nitrogens with zero attached hydrogens (tertiary/aromatic N) is 1. The second-order valence-electron chi connectivity index (χ2n) is 4.12. The second kappa shape index (κ2) is 7.40. The number of rotatable bonds is 7. The summed E-state index contributed by atoms with van der Waals surface area (Å²) in [7, 11) is 0. The fourth-order valence-electron chi connectivity index (χ4n) is 1.19. The average molecular weight is 257 g/mol. The van der Waals surface area contributed by atoms with Crippen molar-refractivity contribution in [3.63, 3.8) is 0 Å². The topological polar surface area (TPSA) is 59.4 Å². The summed E-state index contributed by atoms with van der Waals surface area (Å²) in [5.74, 6) is -0.429. The van der Waals surface area contributed by atoms with Crippen LogP contribution in [0.3, 0.4) is 0 Å². The van der Waals surface area contributed by atoms with E-state index >= 15 is 0 Å². The summed E-state index contributed by atoms with van der Waals surface area (Å²) < 4.78 is 5.04. The maximum absolute atomic E-state index is 11.6. The van der Waals surface area contributed by atoms with Gasteiger partial charge in [-0.25, -0.2) is 9.78 Å². The standard InChI is InChI=1S/C12H19NO3S/c1-3-4-5-11-13-10(8-17-11)12(15)16-7-9(2)6-14/h8-9,14H,3-7H2,1-2H3. The normalized spacial score (nSPS) is 12.4. The van der Waals surface area contributed by atoms with Gasteiger partial charge in [0.25, 0.3) is 0 Å². The van der Waals surface area contributed by atoms with Crippen LogP contribution in [0.4, 0.5) is 0 Å². The van der Waals surface area contributed by atoms with Crippen LogP contribution >= 0.6 is 11.3 Å². The van der Waals surface area contributed by atoms with E-state index in [-0.39, 0.29) is 19.1 Å². The van der Waals surface area contributed by atoms with Crippen molar-refractivity contribution in [1.29, 1.82) is 0 Å². The minimum absolute atomic E-state index is 0.0199. The molecular weight excluding hydrogens is 238 g/mol. The van der Waals surface area contributed by atoms with Gasteiger partial charge in [-0.05, 0) is 12.8 Å². The van der Waals surface area contributed by atoms with Crippen LogP contribution < -0.4 is 0 Å². The van der Waals surface area contributed by atoms with Gasteiger partial charge in [0.05, 0.1) is 11.6 Å². The van der Waals surface area contributed by atoms with Gasteiger partial charge in [-0.15, -0.1) is 11.3 Å². The van der Waals surface area contributed by atoms with E-state index in [1.54, 1.807) is 5.38 Å². The lowest BCUT2D eigenvalue weighted by molar-refractivity contribution is 0.0399. The van der Waals surface area contributed by atoms with Gasteiger partial charge in [0, 0.05) is 17.9 Å². The molecule has 0 amide bonds. The zero-order chi connectivity index (χ0) is 12.7. The van der Waals surface area contributed by atoms with E-state index in [0.29, 0.717) is 5.69 Å². The Morgan fingerprint density at radius 3 is 3.06 bits per heavy atom. The molecule has 96 valence electrons. The van der Waals surface area contributed by atoms with E-state index in [9.17, 15) is 4.79 Å². The van der Waals surface area contributed by atoms with Crippen LogP contribution in [0, 0.1) is 5.92 Å². The van der Waals surface area contributed by atoms with Gasteiger partial charge in [0.15, 0.2) is 5.69 Å². The maximum Gasteiger partial charge on any atom is 0.357 e. The molecule has 0 radical (unpaired) electrons. The first-order valence-corrected chi connectivity index (χ1v) is 6.77. The van der Waals surface area contributed by atoms with Crippen molar-refractivity contribution in [3.8, 4) is 0 Å². The lowest BCUT2D eigenvalue weighted by Gasteiger charge is -2.07. The SMILES string of the molecule is CCCCc1nc(C(=O)OCC(C)CO)cs1. The Labute approximate surface area is 106 Å². The van der Waals surface area contributed by atoms with Crippen LogP contribution in [0.2, 0.25) is 0 Å². The molecule has 17 heavy (non-hydrogen) atoms. The number of aryl methyl sites for hydroxylation is 1. The first-order valence-electron chi connectivity index (χ1n) is 5.89. The lowest BCUT2D eigenvalue weighted by atomic mass is 10.2. The van der Waals surface area contributed by atoms with E-state index in [4.69, 9.17) is 9.84 Å². The number of carbonyl (C=O) groups excluding carboxylic acids is 1. The van der Waals surface area contributed by atoms with Gasteiger partial charge in [0.2, 0.25) is 0 Å². The Hall–Kier alpha value is -0.940. The van der Waals surface area contributed by atoms with E-state index in [0.717, 1.165) is 24.3 Å². The molecule has 5 heteroatoms. The number of ether oxygens (including phenoxy) is 1. The molecule has 0 aliphatic heterocycles. The number of esters is 1. The highest BCUT2D eigenvalue weighted by Crippen LogP contribution is 2.13. The third-order valence-corrected chi connectivity index (χ3v) is 3.22. The lowest BCUT2D eigenvalue weighted by Crippen LogP contribution is -2.14. The minimum atomic E-state index is -0.399. The molecule has 0 spiro atoms. The van der Waals surface area contributed by atoms with Crippen LogP contribution in [0.1, 0.15) is 42.2 Å². The first-order chi connectivity index (χ1) is 8.17. The molecule has 0 saturated heterocycles. The fraction of sp³-hybridized carbons (Fsp3) is 0.667. The van der Waals surface area contributed by atoms with E-state index in [2.05, 4.69) is 11.9 Å². The Kier molecular flexibility index (Phi) is 6.15. The number of aliphatic hydroxyl groups is 1. The molecule has 1 atom stereocenters. The van der Waals surface area contributed by atoms with Crippen molar-refractivity contribution in [2.45, 2.75) is 33.1 Å². The van der Waals surface area contributed by atoms with Crippen LogP contribution in [-0.4, -0.2) is 29.3 Å². The molecule has 1 heterocycles. The van der Waals surface area contributed by atoms with Gasteiger partial charge in [-0.1, -0.05) is 20.3 Å². The molecule has 1 aromatic heterocycles. The summed E-state index contributed by atoms with van der Waals surface area (Å²) in [4.78, 5) is 15.8. The van der Waals surface area contributed by atoms with Crippen molar-refractivity contribution in [3.05, 3.63) is 16.1 Å². The molecule has 0 fully saturated rings. The Bertz CT molecular complexity index is 351. The molecule has 1 unspecified atom stereocenters. The molecule has 0 bridgehead atoms. The zero-order valence-electron chi connectivity index (χ0n) is 10.3. The highest BCUT2D eigenvalue weighted by Gasteiger charge is 2.13. The van der Waals surface area contributed by atoms with Crippen molar-refractivity contribution in [2.24, 2.45) is 5.92 Å². The van der Waals surface area contributed by atoms with Gasteiger partial charge < -0.3 is 9.84 Å². The first kappa shape index (κ1) is 14.1. The zero-order valence-corrected chi connectivity index (χ0v) is 11.1. The van der Waals surface area contributed by atoms with Crippen LogP contribution in [0.25, 0.3) is 0 Å². The number of aromatic nitrogens is 1. The Morgan fingerprint density at radius 1 is 1.65 bits per heavy atom. The third kappa shape index (κ3) is 4.83. The summed E-state index contributed by atoms with van der Waals surface area (Å²) in [5.41, 5.74) is 0.381. The quantitative estimate of drug-likeness (QED) is 0.761. The molecule has 1 N–H and O–H groups in total. The predicted octanol–water partition coefficient (Wildman–Crippen LogP) is 2.27. The fourth-order valence-corrected chi connectivity index (χ4v) is 2.00. The summed E-state index contributed by atoms with van der Waals surface area (Å²) in [6, 6.07) is 0. The number of hydrogen-bond acceptors (Lipinski definition) is 5. The minimum Gasteiger partial charge on any atom is -0.461 e. The highest BCUT2D eigenvalue weighted by molar-refractivity contribution is 7.09. The summed E-state index contributed by atoms with van der Waals surface area (Å²) in [6.07, 6.45) is 3.12. The van der Waals surface area contributed by atoms with Crippen LogP contribution in [0.5, 0.6) is 0 Å². The molecule has 1 aromatic rings. The van der Waals surface area contributed by atoms with E-state index in [1.165, 1.54) is 11.3 Å². The van der Waals surface area contributed by atoms with Gasteiger partial charge in [0.1, 0.15) is 0 Å². The van der Waals surface area contributed by atoms with Crippen LogP contribution in [0.15, 0.2) is 5.38 Å². The molecule has 0 aliphatic rings. The Balaban J connectivity index is 2.43. The smallest absolute Gasteiger partial charge is 0.357 e. The van der Waals surface area contributed by atoms with Gasteiger partial charge in [-0.2, -0.15) is 0 Å². The van der Waals surface area contributed by atoms with Gasteiger partial charge >= 0.3 is 5.97 Å². The predicted molar refractivity (Wildman–Crippen MR) is 67.3 cm³/mol. The third-order valence-electron chi connectivity index (χ3n) is 2.32. The van der Waals surface area contributed by atoms with Crippen molar-refractivity contribution in [1.82, 2.24) is 4.98 Å². The highest BCUT2D eigenvalue weighted by atomic mass is 32.1. The average Bonchev–Trinajstić information content (AvgIpc) is 2.81. The Morgan fingerprint density at radius 2 is 2.41 bits per heavy atom. The molecule has 0 aliphatic carbocycles. The molecule has 4 nitrogen and oxygen atoms in total. The van der Waals surface area contributed by atoms with Gasteiger partial charge in [-0.3, -0.25) is 0 Å². The summed E-state index contributed by atoms with van der Waals surface area (Å²) in [5, 5.41) is 11.5. The molecule has 0 saturated carbocycles. The largest absolute Gasteiger partial charge is 0.461 e. The molecular formula is C12H19NO3S. The summed E-state index contributed by atoms with van der Waals surface area (Å²) >= 11 is 1.50. The number of unbranched alkanes of at least 4 members (excludes halogenated alkanes) is 1. The summed E-state index contributed by atoms with van der Waals surface area (Å²) in [6.45, 7) is 4.20. The maximum atomic E-state index is 11.6. The monoisotopic (exact) mass is 257 g/mol. The van der Waals surface area contributed by atoms with E-state index < -0.39 is 5.97 Å². The second-order valence-corrected chi connectivity index (χ2v) is 5.06. The van der Waals surface area contributed by atoms with Crippen LogP contribution in [-0.2, 0) is 11.2 Å². The molecule has 1 rings (SSSR count). The van der Waals surface area contributed by atoms with Crippen molar-refractivity contribution >= 4 is 17.3 Å². The number of carbonyl (C=O) groups is 1. The van der Waals surface area contributed by atoms with E-state index in [1.807, 2.05) is 6.92 Å². The number of aliphatic hydroxyl groups excluding tert-OH is 1.